The molecule has 140 valence electrons. The van der Waals surface area contributed by atoms with Crippen LogP contribution in [0.4, 0.5) is 0 Å². The van der Waals surface area contributed by atoms with E-state index in [-0.39, 0.29) is 18.5 Å². The Morgan fingerprint density at radius 1 is 1.35 bits per heavy atom. The lowest BCUT2D eigenvalue weighted by molar-refractivity contribution is -0.138. The maximum Gasteiger partial charge on any atom is 0.317 e. The first-order valence-electron chi connectivity index (χ1n) is 8.71. The van der Waals surface area contributed by atoms with E-state index in [0.29, 0.717) is 13.0 Å². The summed E-state index contributed by atoms with van der Waals surface area (Å²) in [4.78, 5) is 33.1. The van der Waals surface area contributed by atoms with Crippen molar-refractivity contribution in [2.45, 2.75) is 31.7 Å². The second-order valence-corrected chi connectivity index (χ2v) is 8.38. The summed E-state index contributed by atoms with van der Waals surface area (Å²) in [6.07, 6.45) is 2.97. The highest BCUT2D eigenvalue weighted by molar-refractivity contribution is 7.20. The number of aromatic nitrogens is 1. The number of likely N-dealkylation sites (tertiary alicyclic amines) is 1. The van der Waals surface area contributed by atoms with Crippen LogP contribution in [-0.4, -0.2) is 64.5 Å². The number of carboxylic acid groups (broad SMARTS) is 1. The number of carbonyl (C=O) groups excluding carboxylic acids is 1. The maximum atomic E-state index is 12.7. The quantitative estimate of drug-likeness (QED) is 0.817. The highest BCUT2D eigenvalue weighted by Gasteiger charge is 2.24. The van der Waals surface area contributed by atoms with Crippen LogP contribution in [0.25, 0.3) is 9.88 Å². The van der Waals surface area contributed by atoms with E-state index in [1.54, 1.807) is 22.7 Å². The van der Waals surface area contributed by atoms with Gasteiger partial charge in [0.25, 0.3) is 0 Å². The van der Waals surface area contributed by atoms with Gasteiger partial charge in [-0.3, -0.25) is 14.5 Å². The van der Waals surface area contributed by atoms with Gasteiger partial charge in [0.05, 0.1) is 23.5 Å². The van der Waals surface area contributed by atoms with Gasteiger partial charge in [-0.05, 0) is 37.8 Å². The van der Waals surface area contributed by atoms with Gasteiger partial charge in [0.1, 0.15) is 5.01 Å². The number of likely N-dealkylation sites (N-methyl/N-ethyl adjacent to an activating group) is 1. The standard InChI is InChI=1S/C18H23N3O3S2/c1-20(11-17(23)24)14-4-2-7-21(8-6-14)16(22)10-13-12-26-18(19-13)15-5-3-9-25-15/h3,5,9,12,14H,2,4,6-8,10-11H2,1H3,(H,23,24). The van der Waals surface area contributed by atoms with Crippen LogP contribution in [0.15, 0.2) is 22.9 Å². The zero-order valence-corrected chi connectivity index (χ0v) is 16.4. The molecule has 8 heteroatoms. The molecule has 1 aliphatic rings. The molecule has 6 nitrogen and oxygen atoms in total. The number of amides is 1. The molecule has 3 rings (SSSR count). The topological polar surface area (TPSA) is 73.7 Å². The Morgan fingerprint density at radius 3 is 2.92 bits per heavy atom. The molecule has 0 bridgehead atoms. The van der Waals surface area contributed by atoms with Crippen molar-refractivity contribution in [2.24, 2.45) is 0 Å². The van der Waals surface area contributed by atoms with E-state index < -0.39 is 5.97 Å². The summed E-state index contributed by atoms with van der Waals surface area (Å²) >= 11 is 3.23. The highest BCUT2D eigenvalue weighted by Crippen LogP contribution is 2.28. The van der Waals surface area contributed by atoms with Crippen LogP contribution < -0.4 is 0 Å². The lowest BCUT2D eigenvalue weighted by atomic mass is 10.1. The maximum absolute atomic E-state index is 12.7. The van der Waals surface area contributed by atoms with Crippen LogP contribution in [0.3, 0.4) is 0 Å². The van der Waals surface area contributed by atoms with Gasteiger partial charge in [0, 0.05) is 24.5 Å². The number of carboxylic acids is 1. The summed E-state index contributed by atoms with van der Waals surface area (Å²) in [6, 6.07) is 4.26. The Kier molecular flexibility index (Phi) is 6.39. The normalized spacial score (nSPS) is 18.1. The van der Waals surface area contributed by atoms with Gasteiger partial charge in [-0.15, -0.1) is 22.7 Å². The molecule has 0 radical (unpaired) electrons. The SMILES string of the molecule is CN(CC(=O)O)C1CCCN(C(=O)Cc2csc(-c3cccs3)n2)CC1. The Morgan fingerprint density at radius 2 is 2.19 bits per heavy atom. The molecule has 26 heavy (non-hydrogen) atoms. The first-order valence-corrected chi connectivity index (χ1v) is 10.5. The predicted molar refractivity (Wildman–Crippen MR) is 104 cm³/mol. The zero-order valence-electron chi connectivity index (χ0n) is 14.8. The van der Waals surface area contributed by atoms with Crippen molar-refractivity contribution >= 4 is 34.6 Å². The van der Waals surface area contributed by atoms with Gasteiger partial charge in [0.15, 0.2) is 0 Å². The van der Waals surface area contributed by atoms with Crippen molar-refractivity contribution in [1.82, 2.24) is 14.8 Å². The fourth-order valence-corrected chi connectivity index (χ4v) is 4.91. The molecule has 0 spiro atoms. The summed E-state index contributed by atoms with van der Waals surface area (Å²) in [6.45, 7) is 1.45. The van der Waals surface area contributed by atoms with Crippen molar-refractivity contribution in [3.63, 3.8) is 0 Å². The number of hydrogen-bond acceptors (Lipinski definition) is 6. The van der Waals surface area contributed by atoms with Gasteiger partial charge in [-0.2, -0.15) is 0 Å². The zero-order chi connectivity index (χ0) is 18.5. The monoisotopic (exact) mass is 393 g/mol. The van der Waals surface area contributed by atoms with E-state index in [4.69, 9.17) is 5.11 Å². The number of carbonyl (C=O) groups is 2. The molecule has 1 fully saturated rings. The van der Waals surface area contributed by atoms with Gasteiger partial charge in [-0.25, -0.2) is 4.98 Å². The van der Waals surface area contributed by atoms with Gasteiger partial charge in [0.2, 0.25) is 5.91 Å². The molecule has 1 atom stereocenters. The van der Waals surface area contributed by atoms with Crippen molar-refractivity contribution in [1.29, 1.82) is 0 Å². The smallest absolute Gasteiger partial charge is 0.317 e. The van der Waals surface area contributed by atoms with Gasteiger partial charge in [-0.1, -0.05) is 6.07 Å². The van der Waals surface area contributed by atoms with E-state index in [1.165, 1.54) is 0 Å². The second kappa shape index (κ2) is 8.75. The molecule has 1 aliphatic heterocycles. The van der Waals surface area contributed by atoms with Crippen LogP contribution >= 0.6 is 22.7 Å². The molecule has 1 amide bonds. The number of rotatable bonds is 6. The highest BCUT2D eigenvalue weighted by atomic mass is 32.1. The first kappa shape index (κ1) is 19.0. The lowest BCUT2D eigenvalue weighted by Crippen LogP contribution is -2.37. The number of thiophene rings is 1. The predicted octanol–water partition coefficient (Wildman–Crippen LogP) is 2.81. The fourth-order valence-electron chi connectivity index (χ4n) is 3.28. The third-order valence-corrected chi connectivity index (χ3v) is 6.60. The van der Waals surface area contributed by atoms with Crippen molar-refractivity contribution in [2.75, 3.05) is 26.7 Å². The van der Waals surface area contributed by atoms with Crippen LogP contribution in [-0.2, 0) is 16.0 Å². The van der Waals surface area contributed by atoms with E-state index in [2.05, 4.69) is 4.98 Å². The number of aliphatic carboxylic acids is 1. The molecule has 3 heterocycles. The molecular weight excluding hydrogens is 370 g/mol. The van der Waals surface area contributed by atoms with Crippen molar-refractivity contribution in [3.05, 3.63) is 28.6 Å². The van der Waals surface area contributed by atoms with Crippen LogP contribution in [0.1, 0.15) is 25.0 Å². The minimum Gasteiger partial charge on any atom is -0.480 e. The minimum absolute atomic E-state index is 0.0446. The largest absolute Gasteiger partial charge is 0.480 e. The lowest BCUT2D eigenvalue weighted by Gasteiger charge is -2.25. The van der Waals surface area contributed by atoms with E-state index >= 15 is 0 Å². The molecule has 1 N–H and O–H groups in total. The van der Waals surface area contributed by atoms with Gasteiger partial charge >= 0.3 is 5.97 Å². The Hall–Kier alpha value is -1.77. The Bertz CT molecular complexity index is 745. The molecular formula is C18H23N3O3S2. The van der Waals surface area contributed by atoms with Crippen LogP contribution in [0.2, 0.25) is 0 Å². The minimum atomic E-state index is -0.810. The summed E-state index contributed by atoms with van der Waals surface area (Å²) in [5, 5.41) is 13.9. The third-order valence-electron chi connectivity index (χ3n) is 4.67. The average Bonchev–Trinajstić information content (AvgIpc) is 3.21. The van der Waals surface area contributed by atoms with Crippen molar-refractivity contribution in [3.8, 4) is 9.88 Å². The molecule has 0 saturated carbocycles. The third kappa shape index (κ3) is 4.90. The molecule has 1 unspecified atom stereocenters. The summed E-state index contributed by atoms with van der Waals surface area (Å²) in [5.41, 5.74) is 0.826. The van der Waals surface area contributed by atoms with Crippen LogP contribution in [0, 0.1) is 0 Å². The summed E-state index contributed by atoms with van der Waals surface area (Å²) < 4.78 is 0. The molecule has 2 aromatic heterocycles. The Labute approximate surface area is 161 Å². The fraction of sp³-hybridized carbons (Fsp3) is 0.500. The number of nitrogens with zero attached hydrogens (tertiary/aromatic N) is 3. The average molecular weight is 394 g/mol. The van der Waals surface area contributed by atoms with E-state index in [9.17, 15) is 9.59 Å². The number of hydrogen-bond donors (Lipinski definition) is 1. The van der Waals surface area contributed by atoms with E-state index in [1.807, 2.05) is 39.7 Å². The van der Waals surface area contributed by atoms with Crippen molar-refractivity contribution < 1.29 is 14.7 Å². The summed E-state index contributed by atoms with van der Waals surface area (Å²) in [5.74, 6) is -0.704. The Balaban J connectivity index is 1.54. The molecule has 1 saturated heterocycles. The molecule has 0 aliphatic carbocycles. The van der Waals surface area contributed by atoms with Crippen LogP contribution in [0.5, 0.6) is 0 Å². The first-order chi connectivity index (χ1) is 12.5. The number of thiazole rings is 1. The molecule has 0 aromatic carbocycles. The second-order valence-electron chi connectivity index (χ2n) is 6.57. The van der Waals surface area contributed by atoms with Gasteiger partial charge < -0.3 is 10.0 Å². The summed E-state index contributed by atoms with van der Waals surface area (Å²) in [7, 11) is 1.84. The molecule has 2 aromatic rings. The van der Waals surface area contributed by atoms with E-state index in [0.717, 1.165) is 41.4 Å².